The van der Waals surface area contributed by atoms with Crippen molar-refractivity contribution in [3.8, 4) is 11.5 Å². The van der Waals surface area contributed by atoms with Gasteiger partial charge in [-0.05, 0) is 98.1 Å². The van der Waals surface area contributed by atoms with E-state index >= 15 is 0 Å². The lowest BCUT2D eigenvalue weighted by Gasteiger charge is -2.41. The molecule has 0 amide bonds. The van der Waals surface area contributed by atoms with Crippen LogP contribution >= 0.6 is 0 Å². The van der Waals surface area contributed by atoms with E-state index in [-0.39, 0.29) is 35.0 Å². The molecule has 0 aliphatic heterocycles. The van der Waals surface area contributed by atoms with Gasteiger partial charge >= 0.3 is 17.9 Å². The Hall–Kier alpha value is -2.83. The number of hydrogen-bond acceptors (Lipinski definition) is 6. The highest BCUT2D eigenvalue weighted by Gasteiger charge is 2.43. The van der Waals surface area contributed by atoms with Gasteiger partial charge in [-0.3, -0.25) is 9.59 Å². The van der Waals surface area contributed by atoms with E-state index in [4.69, 9.17) is 9.47 Å². The molecule has 0 heterocycles. The first-order valence-electron chi connectivity index (χ1n) is 13.1. The highest BCUT2D eigenvalue weighted by Crippen LogP contribution is 2.52. The average molecular weight is 517 g/mol. The Balaban J connectivity index is 2.75. The molecule has 0 fully saturated rings. The number of fused-ring (bicyclic) bond motifs is 1. The maximum atomic E-state index is 12.9. The number of ether oxygens (including phenoxy) is 2. The van der Waals surface area contributed by atoms with E-state index < -0.39 is 34.6 Å². The molecule has 2 N–H and O–H groups in total. The molecule has 0 spiro atoms. The van der Waals surface area contributed by atoms with Crippen molar-refractivity contribution in [2.75, 3.05) is 0 Å². The summed E-state index contributed by atoms with van der Waals surface area (Å²) in [7, 11) is 0. The van der Waals surface area contributed by atoms with Gasteiger partial charge in [0.15, 0.2) is 11.5 Å². The molecule has 2 rings (SSSR count). The third-order valence-electron chi connectivity index (χ3n) is 6.86. The van der Waals surface area contributed by atoms with Crippen LogP contribution in [0.4, 0.5) is 0 Å². The fourth-order valence-corrected chi connectivity index (χ4v) is 4.72. The lowest BCUT2D eigenvalue weighted by atomic mass is 9.68. The molecule has 7 nitrogen and oxygen atoms in total. The number of aromatic carboxylic acids is 1. The summed E-state index contributed by atoms with van der Waals surface area (Å²) < 4.78 is 11.8. The molecular weight excluding hydrogens is 472 g/mol. The SMILES string of the molecule is CC(C)=CCC[C@H](C)[C@H]1c2cc(C(=O)O)c(O)c(OC(=O)C(C)(C)C)c2[C@H](C)C[C@H]1OC(=O)C(C)(C)C. The minimum absolute atomic E-state index is 0.0111. The highest BCUT2D eigenvalue weighted by atomic mass is 16.5. The molecule has 0 radical (unpaired) electrons. The Morgan fingerprint density at radius 1 is 1.08 bits per heavy atom. The zero-order valence-electron chi connectivity index (χ0n) is 24.0. The van der Waals surface area contributed by atoms with Gasteiger partial charge in [0.25, 0.3) is 0 Å². The summed E-state index contributed by atoms with van der Waals surface area (Å²) in [5.74, 6) is -3.48. The van der Waals surface area contributed by atoms with Crippen LogP contribution in [0.1, 0.15) is 122 Å². The largest absolute Gasteiger partial charge is 0.504 e. The second-order valence-corrected chi connectivity index (χ2v) is 12.7. The van der Waals surface area contributed by atoms with E-state index in [0.29, 0.717) is 17.5 Å². The molecule has 7 heteroatoms. The Bertz CT molecular complexity index is 1060. The van der Waals surface area contributed by atoms with E-state index in [2.05, 4.69) is 13.0 Å². The summed E-state index contributed by atoms with van der Waals surface area (Å²) in [5.41, 5.74) is 0.540. The minimum atomic E-state index is -1.33. The van der Waals surface area contributed by atoms with Crippen molar-refractivity contribution in [3.63, 3.8) is 0 Å². The number of carbonyl (C=O) groups is 3. The second-order valence-electron chi connectivity index (χ2n) is 12.7. The number of carboxylic acid groups (broad SMARTS) is 1. The molecular formula is C30H44O7. The van der Waals surface area contributed by atoms with Crippen molar-refractivity contribution in [3.05, 3.63) is 34.4 Å². The van der Waals surface area contributed by atoms with Crippen LogP contribution in [0.3, 0.4) is 0 Å². The van der Waals surface area contributed by atoms with Gasteiger partial charge in [0.1, 0.15) is 11.7 Å². The van der Waals surface area contributed by atoms with E-state index in [9.17, 15) is 24.6 Å². The zero-order chi connectivity index (χ0) is 28.5. The first-order chi connectivity index (χ1) is 16.9. The minimum Gasteiger partial charge on any atom is -0.504 e. The first-order valence-corrected chi connectivity index (χ1v) is 13.1. The van der Waals surface area contributed by atoms with Crippen LogP contribution in [0.15, 0.2) is 17.7 Å². The van der Waals surface area contributed by atoms with Gasteiger partial charge in [-0.15, -0.1) is 0 Å². The molecule has 1 aromatic rings. The summed E-state index contributed by atoms with van der Waals surface area (Å²) in [5, 5.41) is 20.8. The molecule has 0 aromatic heterocycles. The van der Waals surface area contributed by atoms with Gasteiger partial charge < -0.3 is 19.7 Å². The summed E-state index contributed by atoms with van der Waals surface area (Å²) in [6.45, 7) is 18.5. The fourth-order valence-electron chi connectivity index (χ4n) is 4.72. The van der Waals surface area contributed by atoms with Gasteiger partial charge in [0, 0.05) is 11.5 Å². The lowest BCUT2D eigenvalue weighted by molar-refractivity contribution is -0.161. The number of phenols is 1. The standard InChI is InChI=1S/C30H44O7/c1-16(2)12-11-13-17(3)22-19-15-20(26(32)33)24(31)25(37-28(35)30(8,9)10)23(19)18(4)14-21(22)36-27(34)29(5,6)7/h12,15,17-18,21-22,31H,11,13-14H2,1-10H3,(H,32,33)/t17-,18+,21+,22-/m0/s1. The topological polar surface area (TPSA) is 110 Å². The number of esters is 2. The number of aromatic hydroxyl groups is 1. The average Bonchev–Trinajstić information content (AvgIpc) is 2.73. The Morgan fingerprint density at radius 3 is 2.14 bits per heavy atom. The number of rotatable bonds is 7. The third-order valence-corrected chi connectivity index (χ3v) is 6.86. The van der Waals surface area contributed by atoms with Crippen molar-refractivity contribution < 1.29 is 34.1 Å². The number of hydrogen-bond donors (Lipinski definition) is 2. The van der Waals surface area contributed by atoms with Crippen molar-refractivity contribution in [2.45, 2.75) is 106 Å². The van der Waals surface area contributed by atoms with E-state index in [0.717, 1.165) is 12.8 Å². The normalized spacial score (nSPS) is 20.4. The number of carboxylic acids is 1. The van der Waals surface area contributed by atoms with Gasteiger partial charge in [-0.2, -0.15) is 0 Å². The van der Waals surface area contributed by atoms with Crippen molar-refractivity contribution >= 4 is 17.9 Å². The Labute approximate surface area is 221 Å². The first kappa shape index (κ1) is 30.4. The van der Waals surface area contributed by atoms with Crippen LogP contribution in [-0.2, 0) is 14.3 Å². The third kappa shape index (κ3) is 7.14. The molecule has 206 valence electrons. The predicted octanol–water partition coefficient (Wildman–Crippen LogP) is 6.97. The van der Waals surface area contributed by atoms with E-state index in [1.54, 1.807) is 41.5 Å². The van der Waals surface area contributed by atoms with E-state index in [1.165, 1.54) is 11.6 Å². The molecule has 0 saturated carbocycles. The summed E-state index contributed by atoms with van der Waals surface area (Å²) in [6.07, 6.45) is 3.72. The molecule has 0 unspecified atom stereocenters. The van der Waals surface area contributed by atoms with Crippen LogP contribution < -0.4 is 4.74 Å². The number of allylic oxidation sites excluding steroid dienone is 2. The lowest BCUT2D eigenvalue weighted by Crippen LogP contribution is -2.38. The molecule has 0 bridgehead atoms. The predicted molar refractivity (Wildman–Crippen MR) is 143 cm³/mol. The van der Waals surface area contributed by atoms with Gasteiger partial charge in [-0.1, -0.05) is 25.5 Å². The van der Waals surface area contributed by atoms with Gasteiger partial charge in [-0.25, -0.2) is 4.79 Å². The van der Waals surface area contributed by atoms with Crippen LogP contribution in [0, 0.1) is 16.7 Å². The number of benzene rings is 1. The molecule has 37 heavy (non-hydrogen) atoms. The van der Waals surface area contributed by atoms with Crippen molar-refractivity contribution in [2.24, 2.45) is 16.7 Å². The summed E-state index contributed by atoms with van der Waals surface area (Å²) in [6, 6.07) is 1.47. The highest BCUT2D eigenvalue weighted by molar-refractivity contribution is 5.93. The number of carbonyl (C=O) groups excluding carboxylic acids is 2. The van der Waals surface area contributed by atoms with Crippen molar-refractivity contribution in [1.82, 2.24) is 0 Å². The molecule has 4 atom stereocenters. The molecule has 1 aliphatic rings. The maximum Gasteiger partial charge on any atom is 0.339 e. The van der Waals surface area contributed by atoms with Crippen LogP contribution in [0.5, 0.6) is 11.5 Å². The Morgan fingerprint density at radius 2 is 1.65 bits per heavy atom. The molecule has 1 aromatic carbocycles. The monoisotopic (exact) mass is 516 g/mol. The van der Waals surface area contributed by atoms with Crippen LogP contribution in [0.2, 0.25) is 0 Å². The zero-order valence-corrected chi connectivity index (χ0v) is 24.0. The maximum absolute atomic E-state index is 12.9. The quantitative estimate of drug-likeness (QED) is 0.229. The second kappa shape index (κ2) is 11.3. The van der Waals surface area contributed by atoms with Crippen LogP contribution in [0.25, 0.3) is 0 Å². The van der Waals surface area contributed by atoms with Gasteiger partial charge in [0.05, 0.1) is 10.8 Å². The summed E-state index contributed by atoms with van der Waals surface area (Å²) >= 11 is 0. The van der Waals surface area contributed by atoms with E-state index in [1.807, 2.05) is 20.8 Å². The molecule has 1 aliphatic carbocycles. The van der Waals surface area contributed by atoms with Crippen LogP contribution in [-0.4, -0.2) is 34.2 Å². The van der Waals surface area contributed by atoms with Gasteiger partial charge in [0.2, 0.25) is 0 Å². The van der Waals surface area contributed by atoms with Crippen molar-refractivity contribution in [1.29, 1.82) is 0 Å². The summed E-state index contributed by atoms with van der Waals surface area (Å²) in [4.78, 5) is 37.9. The Kier molecular flexibility index (Phi) is 9.26. The smallest absolute Gasteiger partial charge is 0.339 e. The molecule has 0 saturated heterocycles. The fraction of sp³-hybridized carbons (Fsp3) is 0.633.